The number of fused-ring (bicyclic) bond motifs is 1. The first-order valence-corrected chi connectivity index (χ1v) is 6.97. The van der Waals surface area contributed by atoms with Crippen molar-refractivity contribution < 1.29 is 4.42 Å². The standard InChI is InChI=1S/C17H11ClN2O/c18-13-5-3-4-12(10-13)17-19-15-11-14(6-7-16(15)21-17)20-8-1-2-9-20/h1-11H. The average Bonchev–Trinajstić information content (AvgIpc) is 3.16. The summed E-state index contributed by atoms with van der Waals surface area (Å²) >= 11 is 6.01. The third kappa shape index (κ3) is 2.22. The van der Waals surface area contributed by atoms with Crippen LogP contribution in [0.3, 0.4) is 0 Å². The molecule has 0 aliphatic carbocycles. The number of oxazole rings is 1. The van der Waals surface area contributed by atoms with Gasteiger partial charge in [-0.2, -0.15) is 0 Å². The molecule has 4 aromatic rings. The Morgan fingerprint density at radius 1 is 0.952 bits per heavy atom. The van der Waals surface area contributed by atoms with Crippen LogP contribution in [0.5, 0.6) is 0 Å². The molecule has 3 nitrogen and oxygen atoms in total. The summed E-state index contributed by atoms with van der Waals surface area (Å²) in [5.74, 6) is 0.581. The van der Waals surface area contributed by atoms with Crippen LogP contribution in [0.25, 0.3) is 28.2 Å². The first kappa shape index (κ1) is 12.2. The summed E-state index contributed by atoms with van der Waals surface area (Å²) in [7, 11) is 0. The monoisotopic (exact) mass is 294 g/mol. The Hall–Kier alpha value is -2.52. The fourth-order valence-corrected chi connectivity index (χ4v) is 2.52. The lowest BCUT2D eigenvalue weighted by Gasteiger charge is -2.00. The molecule has 0 aliphatic heterocycles. The number of hydrogen-bond acceptors (Lipinski definition) is 2. The molecular weight excluding hydrogens is 284 g/mol. The van der Waals surface area contributed by atoms with Gasteiger partial charge in [-0.15, -0.1) is 0 Å². The molecule has 4 rings (SSSR count). The van der Waals surface area contributed by atoms with E-state index in [1.807, 2.05) is 71.6 Å². The second-order valence-corrected chi connectivity index (χ2v) is 5.21. The average molecular weight is 295 g/mol. The normalized spacial score (nSPS) is 11.1. The van der Waals surface area contributed by atoms with Crippen molar-refractivity contribution in [3.05, 3.63) is 72.0 Å². The zero-order chi connectivity index (χ0) is 14.2. The number of aromatic nitrogens is 2. The largest absolute Gasteiger partial charge is 0.436 e. The second kappa shape index (κ2) is 4.79. The molecule has 2 aromatic heterocycles. The van der Waals surface area contributed by atoms with Crippen LogP contribution < -0.4 is 0 Å². The van der Waals surface area contributed by atoms with Gasteiger partial charge in [0.2, 0.25) is 5.89 Å². The van der Waals surface area contributed by atoms with Crippen LogP contribution in [0.1, 0.15) is 0 Å². The lowest BCUT2D eigenvalue weighted by atomic mass is 10.2. The Morgan fingerprint density at radius 2 is 1.81 bits per heavy atom. The van der Waals surface area contributed by atoms with Crippen molar-refractivity contribution in [3.63, 3.8) is 0 Å². The van der Waals surface area contributed by atoms with E-state index in [1.165, 1.54) is 0 Å². The van der Waals surface area contributed by atoms with E-state index < -0.39 is 0 Å². The molecule has 4 heteroatoms. The van der Waals surface area contributed by atoms with Crippen LogP contribution in [-0.2, 0) is 0 Å². The van der Waals surface area contributed by atoms with E-state index in [4.69, 9.17) is 16.0 Å². The number of benzene rings is 2. The fourth-order valence-electron chi connectivity index (χ4n) is 2.33. The molecule has 0 bridgehead atoms. The van der Waals surface area contributed by atoms with Gasteiger partial charge in [0.25, 0.3) is 0 Å². The van der Waals surface area contributed by atoms with Crippen LogP contribution in [0, 0.1) is 0 Å². The van der Waals surface area contributed by atoms with E-state index in [1.54, 1.807) is 0 Å². The molecule has 0 amide bonds. The van der Waals surface area contributed by atoms with Gasteiger partial charge in [0.1, 0.15) is 5.52 Å². The van der Waals surface area contributed by atoms with Gasteiger partial charge in [0, 0.05) is 28.7 Å². The summed E-state index contributed by atoms with van der Waals surface area (Å²) in [4.78, 5) is 4.56. The maximum atomic E-state index is 6.01. The van der Waals surface area contributed by atoms with Gasteiger partial charge >= 0.3 is 0 Å². The minimum Gasteiger partial charge on any atom is -0.436 e. The number of nitrogens with zero attached hydrogens (tertiary/aromatic N) is 2. The summed E-state index contributed by atoms with van der Waals surface area (Å²) in [6.07, 6.45) is 4.00. The highest BCUT2D eigenvalue weighted by molar-refractivity contribution is 6.30. The van der Waals surface area contributed by atoms with Crippen molar-refractivity contribution in [2.45, 2.75) is 0 Å². The van der Waals surface area contributed by atoms with Crippen LogP contribution >= 0.6 is 11.6 Å². The molecule has 0 N–H and O–H groups in total. The zero-order valence-corrected chi connectivity index (χ0v) is 11.8. The minimum absolute atomic E-state index is 0.581. The maximum Gasteiger partial charge on any atom is 0.227 e. The van der Waals surface area contributed by atoms with Gasteiger partial charge in [-0.1, -0.05) is 17.7 Å². The number of rotatable bonds is 2. The summed E-state index contributed by atoms with van der Waals surface area (Å²) < 4.78 is 7.84. The lowest BCUT2D eigenvalue weighted by molar-refractivity contribution is 0.620. The Labute approximate surface area is 126 Å². The van der Waals surface area contributed by atoms with E-state index in [-0.39, 0.29) is 0 Å². The van der Waals surface area contributed by atoms with E-state index in [2.05, 4.69) is 4.98 Å². The molecule has 0 unspecified atom stereocenters. The Kier molecular flexibility index (Phi) is 2.79. The van der Waals surface area contributed by atoms with Crippen molar-refractivity contribution >= 4 is 22.7 Å². The van der Waals surface area contributed by atoms with Crippen molar-refractivity contribution in [3.8, 4) is 17.1 Å². The Morgan fingerprint density at radius 3 is 2.62 bits per heavy atom. The van der Waals surface area contributed by atoms with Gasteiger partial charge < -0.3 is 8.98 Å². The zero-order valence-electron chi connectivity index (χ0n) is 11.0. The molecule has 2 aromatic carbocycles. The second-order valence-electron chi connectivity index (χ2n) is 4.77. The van der Waals surface area contributed by atoms with E-state index in [0.717, 1.165) is 22.4 Å². The first-order valence-electron chi connectivity index (χ1n) is 6.59. The van der Waals surface area contributed by atoms with Crippen LogP contribution in [0.2, 0.25) is 5.02 Å². The van der Waals surface area contributed by atoms with Crippen molar-refractivity contribution in [2.75, 3.05) is 0 Å². The molecule has 0 saturated heterocycles. The number of hydrogen-bond donors (Lipinski definition) is 0. The fraction of sp³-hybridized carbons (Fsp3) is 0. The molecule has 0 radical (unpaired) electrons. The summed E-state index contributed by atoms with van der Waals surface area (Å²) in [6, 6.07) is 17.4. The van der Waals surface area contributed by atoms with E-state index in [9.17, 15) is 0 Å². The molecule has 0 atom stereocenters. The summed E-state index contributed by atoms with van der Waals surface area (Å²) in [5, 5.41) is 0.669. The van der Waals surface area contributed by atoms with Gasteiger partial charge in [0.05, 0.1) is 0 Å². The van der Waals surface area contributed by atoms with Gasteiger partial charge in [-0.05, 0) is 48.5 Å². The van der Waals surface area contributed by atoms with Gasteiger partial charge in [0.15, 0.2) is 5.58 Å². The van der Waals surface area contributed by atoms with Crippen LogP contribution in [-0.4, -0.2) is 9.55 Å². The highest BCUT2D eigenvalue weighted by Crippen LogP contribution is 2.27. The third-order valence-corrected chi connectivity index (χ3v) is 3.58. The van der Waals surface area contributed by atoms with Crippen molar-refractivity contribution in [2.24, 2.45) is 0 Å². The molecule has 2 heterocycles. The van der Waals surface area contributed by atoms with Gasteiger partial charge in [-0.25, -0.2) is 4.98 Å². The number of halogens is 1. The third-order valence-electron chi connectivity index (χ3n) is 3.35. The predicted molar refractivity (Wildman–Crippen MR) is 83.8 cm³/mol. The first-order chi connectivity index (χ1) is 10.3. The SMILES string of the molecule is Clc1cccc(-c2nc3cc(-n4cccc4)ccc3o2)c1. The highest BCUT2D eigenvalue weighted by atomic mass is 35.5. The molecule has 0 aliphatic rings. The Balaban J connectivity index is 1.83. The predicted octanol–water partition coefficient (Wildman–Crippen LogP) is 4.94. The van der Waals surface area contributed by atoms with Crippen LogP contribution in [0.15, 0.2) is 71.4 Å². The molecule has 21 heavy (non-hydrogen) atoms. The molecule has 0 fully saturated rings. The summed E-state index contributed by atoms with van der Waals surface area (Å²) in [6.45, 7) is 0. The van der Waals surface area contributed by atoms with E-state index >= 15 is 0 Å². The Bertz CT molecular complexity index is 910. The molecule has 0 spiro atoms. The molecule has 0 saturated carbocycles. The van der Waals surface area contributed by atoms with E-state index in [0.29, 0.717) is 10.9 Å². The highest BCUT2D eigenvalue weighted by Gasteiger charge is 2.09. The smallest absolute Gasteiger partial charge is 0.227 e. The molecular formula is C17H11ClN2O. The summed E-state index contributed by atoms with van der Waals surface area (Å²) in [5.41, 5.74) is 3.52. The van der Waals surface area contributed by atoms with Gasteiger partial charge in [-0.3, -0.25) is 0 Å². The topological polar surface area (TPSA) is 31.0 Å². The van der Waals surface area contributed by atoms with Crippen LogP contribution in [0.4, 0.5) is 0 Å². The minimum atomic E-state index is 0.581. The van der Waals surface area contributed by atoms with Crippen molar-refractivity contribution in [1.82, 2.24) is 9.55 Å². The molecule has 102 valence electrons. The maximum absolute atomic E-state index is 6.01. The lowest BCUT2D eigenvalue weighted by Crippen LogP contribution is -1.88. The van der Waals surface area contributed by atoms with Crippen molar-refractivity contribution in [1.29, 1.82) is 0 Å². The quantitative estimate of drug-likeness (QED) is 0.524.